The molecule has 3 aromatic rings. The van der Waals surface area contributed by atoms with Gasteiger partial charge in [0.15, 0.2) is 15.5 Å². The molecule has 168 valence electrons. The summed E-state index contributed by atoms with van der Waals surface area (Å²) in [5.74, 6) is -1.54. The average molecular weight is 463 g/mol. The summed E-state index contributed by atoms with van der Waals surface area (Å²) in [6.07, 6.45) is -1.33. The maximum atomic E-state index is 13.6. The molecule has 0 fully saturated rings. The summed E-state index contributed by atoms with van der Waals surface area (Å²) in [5.41, 5.74) is 0.450. The van der Waals surface area contributed by atoms with Crippen LogP contribution in [0, 0.1) is 6.92 Å². The van der Waals surface area contributed by atoms with Crippen molar-refractivity contribution in [1.82, 2.24) is 9.97 Å². The van der Waals surface area contributed by atoms with Crippen LogP contribution in [0.5, 0.6) is 0 Å². The number of hydrogen-bond donors (Lipinski definition) is 0. The first kappa shape index (κ1) is 23.4. The molecule has 0 radical (unpaired) electrons. The number of aryl methyl sites for hydroxylation is 1. The zero-order valence-electron chi connectivity index (χ0n) is 17.5. The number of carbonyl (C=O) groups excluding carboxylic acids is 1. The Bertz CT molecular complexity index is 1270. The van der Waals surface area contributed by atoms with E-state index in [4.69, 9.17) is 0 Å². The zero-order chi connectivity index (χ0) is 23.7. The highest BCUT2D eigenvalue weighted by Gasteiger charge is 2.41. The number of halogens is 3. The number of rotatable bonds is 5. The van der Waals surface area contributed by atoms with Gasteiger partial charge in [-0.05, 0) is 30.2 Å². The molecule has 0 aliphatic heterocycles. The Labute approximate surface area is 183 Å². The lowest BCUT2D eigenvalue weighted by atomic mass is 9.99. The molecule has 0 aliphatic carbocycles. The summed E-state index contributed by atoms with van der Waals surface area (Å²) in [7, 11) is -3.06. The number of hydrogen-bond acceptors (Lipinski definition) is 5. The number of sulfone groups is 1. The van der Waals surface area contributed by atoms with Crippen molar-refractivity contribution >= 4 is 21.4 Å². The maximum Gasteiger partial charge on any atom is 0.434 e. The molecule has 1 aromatic carbocycles. The van der Waals surface area contributed by atoms with Gasteiger partial charge in [0, 0.05) is 25.0 Å². The number of alkyl halides is 3. The Morgan fingerprint density at radius 2 is 1.75 bits per heavy atom. The summed E-state index contributed by atoms with van der Waals surface area (Å²) in [4.78, 5) is 20.6. The lowest BCUT2D eigenvalue weighted by Gasteiger charge is -2.23. The minimum absolute atomic E-state index is 0.317. The molecule has 0 bridgehead atoms. The second-order valence-corrected chi connectivity index (χ2v) is 9.22. The van der Waals surface area contributed by atoms with E-state index in [-0.39, 0.29) is 0 Å². The first-order chi connectivity index (χ1) is 15.0. The lowest BCUT2D eigenvalue weighted by molar-refractivity contribution is -0.143. The van der Waals surface area contributed by atoms with E-state index in [1.54, 1.807) is 6.07 Å². The van der Waals surface area contributed by atoms with Gasteiger partial charge in [-0.25, -0.2) is 8.42 Å². The smallest absolute Gasteiger partial charge is 0.309 e. The Morgan fingerprint density at radius 1 is 1.06 bits per heavy atom. The van der Waals surface area contributed by atoms with Crippen molar-refractivity contribution in [3.05, 3.63) is 71.8 Å². The van der Waals surface area contributed by atoms with Crippen LogP contribution in [-0.2, 0) is 16.0 Å². The molecular formula is C22H20F3N3O3S. The van der Waals surface area contributed by atoms with Crippen LogP contribution >= 0.6 is 0 Å². The topological polar surface area (TPSA) is 80.2 Å². The molecule has 0 N–H and O–H groups in total. The first-order valence-corrected chi connectivity index (χ1v) is 11.2. The Kier molecular flexibility index (Phi) is 6.36. The fourth-order valence-electron chi connectivity index (χ4n) is 3.32. The molecule has 0 unspecified atom stereocenters. The van der Waals surface area contributed by atoms with E-state index >= 15 is 0 Å². The molecule has 2 heterocycles. The predicted molar refractivity (Wildman–Crippen MR) is 114 cm³/mol. The van der Waals surface area contributed by atoms with E-state index in [1.807, 2.05) is 31.2 Å². The summed E-state index contributed by atoms with van der Waals surface area (Å²) in [6.45, 7) is 3.09. The largest absolute Gasteiger partial charge is 0.434 e. The number of pyridine rings is 2. The van der Waals surface area contributed by atoms with Crippen molar-refractivity contribution in [3.63, 3.8) is 0 Å². The SMILES string of the molecule is CCS(=O)(=O)c1c(C(=O)N(C)c2cnccc2-c2ccccc2C)ccnc1C(F)(F)F. The Balaban J connectivity index is 2.20. The van der Waals surface area contributed by atoms with Gasteiger partial charge >= 0.3 is 6.18 Å². The van der Waals surface area contributed by atoms with Crippen LogP contribution in [0.1, 0.15) is 28.5 Å². The van der Waals surface area contributed by atoms with Crippen molar-refractivity contribution in [2.24, 2.45) is 0 Å². The fraction of sp³-hybridized carbons (Fsp3) is 0.227. The molecule has 0 spiro atoms. The minimum atomic E-state index is -5.05. The van der Waals surface area contributed by atoms with Crippen LogP contribution in [0.4, 0.5) is 18.9 Å². The van der Waals surface area contributed by atoms with Gasteiger partial charge < -0.3 is 4.90 Å². The van der Waals surface area contributed by atoms with E-state index < -0.39 is 43.8 Å². The number of aromatic nitrogens is 2. The normalized spacial score (nSPS) is 11.9. The van der Waals surface area contributed by atoms with Gasteiger partial charge in [0.05, 0.1) is 23.2 Å². The van der Waals surface area contributed by atoms with E-state index in [9.17, 15) is 26.4 Å². The summed E-state index contributed by atoms with van der Waals surface area (Å²) >= 11 is 0. The molecule has 2 aromatic heterocycles. The zero-order valence-corrected chi connectivity index (χ0v) is 18.3. The predicted octanol–water partition coefficient (Wildman–Crippen LogP) is 4.54. The van der Waals surface area contributed by atoms with Gasteiger partial charge in [0.25, 0.3) is 5.91 Å². The van der Waals surface area contributed by atoms with Crippen molar-refractivity contribution in [3.8, 4) is 11.1 Å². The third kappa shape index (κ3) is 4.36. The molecule has 0 saturated carbocycles. The molecule has 0 atom stereocenters. The van der Waals surface area contributed by atoms with Gasteiger partial charge in [-0.2, -0.15) is 13.2 Å². The number of benzene rings is 1. The van der Waals surface area contributed by atoms with Gasteiger partial charge in [-0.15, -0.1) is 0 Å². The van der Waals surface area contributed by atoms with Crippen molar-refractivity contribution in [1.29, 1.82) is 0 Å². The second kappa shape index (κ2) is 8.70. The van der Waals surface area contributed by atoms with Gasteiger partial charge in [0.2, 0.25) is 0 Å². The minimum Gasteiger partial charge on any atom is -0.309 e. The monoisotopic (exact) mass is 463 g/mol. The summed E-state index contributed by atoms with van der Waals surface area (Å²) in [6, 6.07) is 10.1. The van der Waals surface area contributed by atoms with Gasteiger partial charge in [0.1, 0.15) is 4.90 Å². The van der Waals surface area contributed by atoms with E-state index in [1.165, 1.54) is 26.4 Å². The van der Waals surface area contributed by atoms with Crippen LogP contribution in [0.2, 0.25) is 0 Å². The molecule has 3 rings (SSSR count). The van der Waals surface area contributed by atoms with Crippen LogP contribution in [-0.4, -0.2) is 37.1 Å². The third-order valence-corrected chi connectivity index (χ3v) is 6.79. The average Bonchev–Trinajstić information content (AvgIpc) is 2.77. The maximum absolute atomic E-state index is 13.6. The van der Waals surface area contributed by atoms with Gasteiger partial charge in [-0.1, -0.05) is 31.2 Å². The molecule has 32 heavy (non-hydrogen) atoms. The fourth-order valence-corrected chi connectivity index (χ4v) is 4.57. The van der Waals surface area contributed by atoms with E-state index in [2.05, 4.69) is 9.97 Å². The van der Waals surface area contributed by atoms with E-state index in [0.717, 1.165) is 28.3 Å². The number of anilines is 1. The molecule has 10 heteroatoms. The summed E-state index contributed by atoms with van der Waals surface area (Å²) < 4.78 is 65.8. The van der Waals surface area contributed by atoms with Crippen LogP contribution in [0.25, 0.3) is 11.1 Å². The van der Waals surface area contributed by atoms with Crippen LogP contribution in [0.3, 0.4) is 0 Å². The lowest BCUT2D eigenvalue weighted by Crippen LogP contribution is -2.30. The van der Waals surface area contributed by atoms with Crippen LogP contribution < -0.4 is 4.90 Å². The standard InChI is InChI=1S/C22H20F3N3O3S/c1-4-32(30,31)19-17(10-12-27-20(19)22(23,24)25)21(29)28(3)18-13-26-11-9-16(18)15-8-6-5-7-14(15)2/h5-13H,4H2,1-3H3. The van der Waals surface area contributed by atoms with Crippen molar-refractivity contribution < 1.29 is 26.4 Å². The highest BCUT2D eigenvalue weighted by Crippen LogP contribution is 2.37. The first-order valence-electron chi connectivity index (χ1n) is 9.56. The van der Waals surface area contributed by atoms with Crippen molar-refractivity contribution in [2.45, 2.75) is 24.9 Å². The second-order valence-electron chi connectivity index (χ2n) is 7.01. The molecular weight excluding hydrogens is 443 g/mol. The Hall–Kier alpha value is -3.27. The third-order valence-electron chi connectivity index (χ3n) is 5.00. The van der Waals surface area contributed by atoms with Crippen LogP contribution in [0.15, 0.2) is 59.9 Å². The highest BCUT2D eigenvalue weighted by atomic mass is 32.2. The molecule has 0 saturated heterocycles. The summed E-state index contributed by atoms with van der Waals surface area (Å²) in [5, 5.41) is 0. The molecule has 1 amide bonds. The number of carbonyl (C=O) groups is 1. The van der Waals surface area contributed by atoms with Gasteiger partial charge in [-0.3, -0.25) is 14.8 Å². The molecule has 6 nitrogen and oxygen atoms in total. The van der Waals surface area contributed by atoms with Crippen molar-refractivity contribution in [2.75, 3.05) is 17.7 Å². The van der Waals surface area contributed by atoms with E-state index in [0.29, 0.717) is 11.3 Å². The molecule has 0 aliphatic rings. The number of nitrogens with zero attached hydrogens (tertiary/aromatic N) is 3. The highest BCUT2D eigenvalue weighted by molar-refractivity contribution is 7.91. The quantitative estimate of drug-likeness (QED) is 0.555. The number of amides is 1. The Morgan fingerprint density at radius 3 is 2.38 bits per heavy atom.